The van der Waals surface area contributed by atoms with Gasteiger partial charge in [-0.3, -0.25) is 4.57 Å². The van der Waals surface area contributed by atoms with Crippen molar-refractivity contribution in [2.75, 3.05) is 19.0 Å². The third-order valence-corrected chi connectivity index (χ3v) is 3.01. The maximum absolute atomic E-state index is 5.11. The van der Waals surface area contributed by atoms with E-state index in [-0.39, 0.29) is 6.04 Å². The zero-order chi connectivity index (χ0) is 13.0. The molecule has 0 saturated heterocycles. The van der Waals surface area contributed by atoms with Crippen molar-refractivity contribution in [1.29, 1.82) is 0 Å². The van der Waals surface area contributed by atoms with Gasteiger partial charge in [0.1, 0.15) is 0 Å². The Labute approximate surface area is 115 Å². The van der Waals surface area contributed by atoms with E-state index in [0.717, 1.165) is 16.1 Å². The molecule has 96 valence electrons. The molecule has 0 bridgehead atoms. The molecule has 18 heavy (non-hydrogen) atoms. The van der Waals surface area contributed by atoms with Crippen LogP contribution >= 0.6 is 15.9 Å². The molecule has 0 saturated carbocycles. The van der Waals surface area contributed by atoms with Crippen LogP contribution in [0, 0.1) is 0 Å². The lowest BCUT2D eigenvalue weighted by Gasteiger charge is -2.15. The molecule has 5 heteroatoms. The molecule has 1 heterocycles. The molecule has 1 atom stereocenters. The predicted molar refractivity (Wildman–Crippen MR) is 76.2 cm³/mol. The third-order valence-electron chi connectivity index (χ3n) is 2.52. The Bertz CT molecular complexity index is 512. The zero-order valence-electron chi connectivity index (χ0n) is 10.4. The second-order valence-electron chi connectivity index (χ2n) is 4.10. The normalized spacial score (nSPS) is 12.4. The van der Waals surface area contributed by atoms with Crippen LogP contribution in [0.1, 0.15) is 6.92 Å². The third kappa shape index (κ3) is 3.11. The average Bonchev–Trinajstić information content (AvgIpc) is 2.77. The monoisotopic (exact) mass is 309 g/mol. The van der Waals surface area contributed by atoms with Crippen LogP contribution < -0.4 is 5.32 Å². The molecule has 0 aliphatic rings. The van der Waals surface area contributed by atoms with Crippen molar-refractivity contribution >= 4 is 21.9 Å². The van der Waals surface area contributed by atoms with E-state index in [1.807, 2.05) is 35.0 Å². The van der Waals surface area contributed by atoms with Crippen LogP contribution in [0.5, 0.6) is 0 Å². The van der Waals surface area contributed by atoms with E-state index in [9.17, 15) is 0 Å². The lowest BCUT2D eigenvalue weighted by atomic mass is 10.3. The van der Waals surface area contributed by atoms with Gasteiger partial charge in [0, 0.05) is 35.7 Å². The predicted octanol–water partition coefficient (Wildman–Crippen LogP) is 3.08. The van der Waals surface area contributed by atoms with Gasteiger partial charge in [-0.05, 0) is 25.1 Å². The average molecular weight is 310 g/mol. The maximum atomic E-state index is 5.11. The van der Waals surface area contributed by atoms with Crippen molar-refractivity contribution in [2.45, 2.75) is 13.0 Å². The summed E-state index contributed by atoms with van der Waals surface area (Å²) in [4.78, 5) is 4.33. The lowest BCUT2D eigenvalue weighted by Crippen LogP contribution is -2.22. The highest BCUT2D eigenvalue weighted by Crippen LogP contribution is 2.19. The van der Waals surface area contributed by atoms with Crippen LogP contribution in [0.4, 0.5) is 5.95 Å². The summed E-state index contributed by atoms with van der Waals surface area (Å²) in [6, 6.07) is 8.30. The minimum Gasteiger partial charge on any atom is -0.383 e. The van der Waals surface area contributed by atoms with E-state index in [1.54, 1.807) is 13.3 Å². The Morgan fingerprint density at radius 3 is 3.06 bits per heavy atom. The van der Waals surface area contributed by atoms with Gasteiger partial charge in [0.2, 0.25) is 5.95 Å². The largest absolute Gasteiger partial charge is 0.383 e. The van der Waals surface area contributed by atoms with Crippen LogP contribution in [0.25, 0.3) is 5.69 Å². The summed E-state index contributed by atoms with van der Waals surface area (Å²) < 4.78 is 8.17. The van der Waals surface area contributed by atoms with E-state index in [4.69, 9.17) is 4.74 Å². The van der Waals surface area contributed by atoms with E-state index in [1.165, 1.54) is 0 Å². The maximum Gasteiger partial charge on any atom is 0.207 e. The number of nitrogens with one attached hydrogen (secondary N) is 1. The van der Waals surface area contributed by atoms with Gasteiger partial charge < -0.3 is 10.1 Å². The fourth-order valence-corrected chi connectivity index (χ4v) is 2.14. The summed E-state index contributed by atoms with van der Waals surface area (Å²) >= 11 is 3.47. The van der Waals surface area contributed by atoms with Crippen molar-refractivity contribution in [3.8, 4) is 5.69 Å². The Hall–Kier alpha value is -1.33. The molecular formula is C13H16BrN3O. The van der Waals surface area contributed by atoms with Crippen LogP contribution in [0.3, 0.4) is 0 Å². The number of methoxy groups -OCH3 is 1. The number of anilines is 1. The number of hydrogen-bond acceptors (Lipinski definition) is 3. The molecule has 0 amide bonds. The number of imidazole rings is 1. The number of hydrogen-bond donors (Lipinski definition) is 1. The first-order chi connectivity index (χ1) is 8.70. The van der Waals surface area contributed by atoms with Crippen LogP contribution in [0.15, 0.2) is 41.1 Å². The van der Waals surface area contributed by atoms with E-state index >= 15 is 0 Å². The second kappa shape index (κ2) is 6.02. The molecule has 1 aromatic heterocycles. The number of ether oxygens (including phenoxy) is 1. The van der Waals surface area contributed by atoms with Crippen molar-refractivity contribution in [3.05, 3.63) is 41.1 Å². The van der Waals surface area contributed by atoms with Gasteiger partial charge in [0.15, 0.2) is 0 Å². The second-order valence-corrected chi connectivity index (χ2v) is 5.02. The van der Waals surface area contributed by atoms with Crippen molar-refractivity contribution in [2.24, 2.45) is 0 Å². The molecule has 1 aromatic carbocycles. The molecule has 0 radical (unpaired) electrons. The summed E-state index contributed by atoms with van der Waals surface area (Å²) in [7, 11) is 1.69. The lowest BCUT2D eigenvalue weighted by molar-refractivity contribution is 0.190. The number of rotatable bonds is 5. The molecule has 1 N–H and O–H groups in total. The Kier molecular flexibility index (Phi) is 4.38. The first-order valence-corrected chi connectivity index (χ1v) is 6.55. The highest BCUT2D eigenvalue weighted by atomic mass is 79.9. The number of nitrogens with zero attached hydrogens (tertiary/aromatic N) is 2. The minimum atomic E-state index is 0.211. The SMILES string of the molecule is COCC(C)Nc1nccn1-c1cccc(Br)c1. The molecule has 4 nitrogen and oxygen atoms in total. The van der Waals surface area contributed by atoms with Crippen LogP contribution in [0.2, 0.25) is 0 Å². The van der Waals surface area contributed by atoms with Gasteiger partial charge in [-0.15, -0.1) is 0 Å². The minimum absolute atomic E-state index is 0.211. The summed E-state index contributed by atoms with van der Waals surface area (Å²) in [5.41, 5.74) is 1.06. The number of benzene rings is 1. The highest BCUT2D eigenvalue weighted by molar-refractivity contribution is 9.10. The topological polar surface area (TPSA) is 39.1 Å². The number of aromatic nitrogens is 2. The smallest absolute Gasteiger partial charge is 0.207 e. The highest BCUT2D eigenvalue weighted by Gasteiger charge is 2.08. The van der Waals surface area contributed by atoms with E-state index < -0.39 is 0 Å². The molecular weight excluding hydrogens is 294 g/mol. The van der Waals surface area contributed by atoms with Crippen molar-refractivity contribution < 1.29 is 4.74 Å². The van der Waals surface area contributed by atoms with Crippen molar-refractivity contribution in [1.82, 2.24) is 9.55 Å². The molecule has 0 fully saturated rings. The fraction of sp³-hybridized carbons (Fsp3) is 0.308. The summed E-state index contributed by atoms with van der Waals surface area (Å²) in [5, 5.41) is 3.32. The first kappa shape index (κ1) is 13.1. The van der Waals surface area contributed by atoms with E-state index in [0.29, 0.717) is 6.61 Å². The van der Waals surface area contributed by atoms with Gasteiger partial charge in [-0.2, -0.15) is 0 Å². The standard InChI is InChI=1S/C13H16BrN3O/c1-10(9-18-2)16-13-15-6-7-17(13)12-5-3-4-11(14)8-12/h3-8,10H,9H2,1-2H3,(H,15,16). The van der Waals surface area contributed by atoms with Gasteiger partial charge in [0.25, 0.3) is 0 Å². The van der Waals surface area contributed by atoms with Crippen molar-refractivity contribution in [3.63, 3.8) is 0 Å². The molecule has 1 unspecified atom stereocenters. The first-order valence-electron chi connectivity index (χ1n) is 5.75. The molecule has 2 rings (SSSR count). The fourth-order valence-electron chi connectivity index (χ4n) is 1.76. The number of halogens is 1. The van der Waals surface area contributed by atoms with Gasteiger partial charge in [-0.25, -0.2) is 4.98 Å². The zero-order valence-corrected chi connectivity index (χ0v) is 12.0. The summed E-state index contributed by atoms with van der Waals surface area (Å²) in [5.74, 6) is 0.817. The summed E-state index contributed by atoms with van der Waals surface area (Å²) in [6.45, 7) is 2.70. The molecule has 0 aliphatic heterocycles. The van der Waals surface area contributed by atoms with Crippen LogP contribution in [-0.4, -0.2) is 29.3 Å². The molecule has 0 spiro atoms. The van der Waals surface area contributed by atoms with Gasteiger partial charge in [-0.1, -0.05) is 22.0 Å². The van der Waals surface area contributed by atoms with Crippen LogP contribution in [-0.2, 0) is 4.74 Å². The van der Waals surface area contributed by atoms with Gasteiger partial charge in [0.05, 0.1) is 6.61 Å². The van der Waals surface area contributed by atoms with E-state index in [2.05, 4.69) is 33.2 Å². The van der Waals surface area contributed by atoms with Gasteiger partial charge >= 0.3 is 0 Å². The Balaban J connectivity index is 2.22. The Morgan fingerprint density at radius 1 is 1.50 bits per heavy atom. The summed E-state index contributed by atoms with van der Waals surface area (Å²) in [6.07, 6.45) is 3.71. The Morgan fingerprint density at radius 2 is 2.33 bits per heavy atom. The molecule has 0 aliphatic carbocycles. The quantitative estimate of drug-likeness (QED) is 0.922. The molecule has 2 aromatic rings.